The molecule has 0 unspecified atom stereocenters. The van der Waals surface area contributed by atoms with Crippen molar-refractivity contribution in [1.82, 2.24) is 10.9 Å². The average Bonchev–Trinajstić information content (AvgIpc) is 2.49. The second-order valence-electron chi connectivity index (χ2n) is 5.64. The number of benzene rings is 1. The smallest absolute Gasteiger partial charge is 0.426 e. The van der Waals surface area contributed by atoms with Crippen LogP contribution in [0, 0.1) is 0 Å². The third-order valence-electron chi connectivity index (χ3n) is 2.73. The van der Waals surface area contributed by atoms with Crippen LogP contribution in [-0.2, 0) is 4.74 Å². The molecule has 1 aromatic carbocycles. The number of hydrogen-bond acceptors (Lipinski definition) is 6. The molecule has 0 radical (unpaired) electrons. The molecular formula is C16H24N2O5. The molecule has 0 heterocycles. The summed E-state index contributed by atoms with van der Waals surface area (Å²) in [6.45, 7) is 9.20. The van der Waals surface area contributed by atoms with Crippen molar-refractivity contribution in [1.29, 1.82) is 0 Å². The van der Waals surface area contributed by atoms with Crippen LogP contribution in [0.5, 0.6) is 17.2 Å². The summed E-state index contributed by atoms with van der Waals surface area (Å²) in [5.74, 6) is 1.45. The van der Waals surface area contributed by atoms with Crippen LogP contribution in [0.4, 0.5) is 4.79 Å². The Morgan fingerprint density at radius 3 is 1.91 bits per heavy atom. The van der Waals surface area contributed by atoms with E-state index in [2.05, 4.69) is 17.4 Å². The summed E-state index contributed by atoms with van der Waals surface area (Å²) < 4.78 is 20.9. The van der Waals surface area contributed by atoms with E-state index in [-0.39, 0.29) is 0 Å². The number of hydrogen-bond donors (Lipinski definition) is 2. The molecule has 0 fully saturated rings. The Kier molecular flexibility index (Phi) is 6.12. The maximum atomic E-state index is 11.6. The van der Waals surface area contributed by atoms with E-state index in [9.17, 15) is 4.79 Å². The van der Waals surface area contributed by atoms with E-state index in [0.717, 1.165) is 0 Å². The molecule has 0 bridgehead atoms. The molecule has 0 spiro atoms. The molecule has 23 heavy (non-hydrogen) atoms. The highest BCUT2D eigenvalue weighted by Gasteiger charge is 2.17. The normalized spacial score (nSPS) is 10.5. The van der Waals surface area contributed by atoms with Crippen molar-refractivity contribution < 1.29 is 23.7 Å². The monoisotopic (exact) mass is 324 g/mol. The zero-order chi connectivity index (χ0) is 17.6. The molecule has 1 aromatic rings. The largest absolute Gasteiger partial charge is 0.493 e. The fraction of sp³-hybridized carbons (Fsp3) is 0.438. The average molecular weight is 324 g/mol. The zero-order valence-electron chi connectivity index (χ0n) is 14.4. The molecule has 1 rings (SSSR count). The van der Waals surface area contributed by atoms with E-state index in [1.54, 1.807) is 32.9 Å². The van der Waals surface area contributed by atoms with Crippen LogP contribution in [0.3, 0.4) is 0 Å². The number of methoxy groups -OCH3 is 3. The summed E-state index contributed by atoms with van der Waals surface area (Å²) in [5, 5.41) is 0. The molecule has 2 N–H and O–H groups in total. The van der Waals surface area contributed by atoms with Crippen LogP contribution in [0.2, 0.25) is 0 Å². The Morgan fingerprint density at radius 1 is 1.00 bits per heavy atom. The van der Waals surface area contributed by atoms with Crippen molar-refractivity contribution in [2.75, 3.05) is 21.3 Å². The molecule has 0 aliphatic carbocycles. The number of carbonyl (C=O) groups is 1. The minimum absolute atomic E-state index is 0.440. The van der Waals surface area contributed by atoms with Gasteiger partial charge in [-0.2, -0.15) is 0 Å². The van der Waals surface area contributed by atoms with Crippen molar-refractivity contribution in [3.8, 4) is 17.2 Å². The van der Waals surface area contributed by atoms with E-state index < -0.39 is 11.7 Å². The quantitative estimate of drug-likeness (QED) is 0.784. The number of hydrazine groups is 1. The Balaban J connectivity index is 2.86. The first-order chi connectivity index (χ1) is 10.7. The van der Waals surface area contributed by atoms with E-state index >= 15 is 0 Å². The summed E-state index contributed by atoms with van der Waals surface area (Å²) in [4.78, 5) is 11.6. The molecule has 128 valence electrons. The number of nitrogens with one attached hydrogen (secondary N) is 2. The van der Waals surface area contributed by atoms with Gasteiger partial charge in [-0.25, -0.2) is 10.2 Å². The number of amides is 1. The lowest BCUT2D eigenvalue weighted by atomic mass is 10.1. The third-order valence-corrected chi connectivity index (χ3v) is 2.73. The summed E-state index contributed by atoms with van der Waals surface area (Å²) in [6.07, 6.45) is -0.605. The fourth-order valence-corrected chi connectivity index (χ4v) is 1.76. The van der Waals surface area contributed by atoms with Crippen molar-refractivity contribution in [3.05, 3.63) is 24.3 Å². The lowest BCUT2D eigenvalue weighted by Crippen LogP contribution is -2.40. The predicted octanol–water partition coefficient (Wildman–Crippen LogP) is 2.71. The van der Waals surface area contributed by atoms with Gasteiger partial charge in [0.1, 0.15) is 5.60 Å². The van der Waals surface area contributed by atoms with Gasteiger partial charge in [-0.3, -0.25) is 5.43 Å². The first-order valence-corrected chi connectivity index (χ1v) is 6.96. The summed E-state index contributed by atoms with van der Waals surface area (Å²) in [7, 11) is 4.57. The summed E-state index contributed by atoms with van der Waals surface area (Å²) >= 11 is 0. The molecule has 0 aromatic heterocycles. The predicted molar refractivity (Wildman–Crippen MR) is 87.6 cm³/mol. The van der Waals surface area contributed by atoms with Gasteiger partial charge in [0.05, 0.1) is 27.0 Å². The number of carbonyl (C=O) groups excluding carboxylic acids is 1. The lowest BCUT2D eigenvalue weighted by molar-refractivity contribution is 0.0511. The van der Waals surface area contributed by atoms with Gasteiger partial charge in [0.25, 0.3) is 0 Å². The molecule has 7 nitrogen and oxygen atoms in total. The second-order valence-corrected chi connectivity index (χ2v) is 5.64. The Morgan fingerprint density at radius 2 is 1.52 bits per heavy atom. The van der Waals surface area contributed by atoms with Crippen LogP contribution in [0.15, 0.2) is 18.7 Å². The van der Waals surface area contributed by atoms with E-state index in [1.807, 2.05) is 0 Å². The van der Waals surface area contributed by atoms with Gasteiger partial charge in [-0.15, -0.1) is 0 Å². The van der Waals surface area contributed by atoms with Gasteiger partial charge in [0, 0.05) is 5.56 Å². The minimum Gasteiger partial charge on any atom is -0.493 e. The highest BCUT2D eigenvalue weighted by atomic mass is 16.6. The summed E-state index contributed by atoms with van der Waals surface area (Å²) in [5.41, 5.74) is 5.63. The SMILES string of the molecule is C=C(NNC(=O)OC(C)(C)C)c1cc(OC)c(OC)c(OC)c1. The van der Waals surface area contributed by atoms with Crippen LogP contribution in [-0.4, -0.2) is 33.0 Å². The molecule has 1 amide bonds. The van der Waals surface area contributed by atoms with E-state index in [4.69, 9.17) is 18.9 Å². The third kappa shape index (κ3) is 5.28. The first-order valence-electron chi connectivity index (χ1n) is 6.96. The van der Waals surface area contributed by atoms with Gasteiger partial charge in [-0.05, 0) is 32.9 Å². The van der Waals surface area contributed by atoms with Crippen LogP contribution >= 0.6 is 0 Å². The molecule has 0 atom stereocenters. The van der Waals surface area contributed by atoms with Crippen molar-refractivity contribution in [2.45, 2.75) is 26.4 Å². The van der Waals surface area contributed by atoms with Gasteiger partial charge >= 0.3 is 6.09 Å². The highest BCUT2D eigenvalue weighted by molar-refractivity contribution is 5.72. The molecule has 7 heteroatoms. The maximum absolute atomic E-state index is 11.6. The Bertz CT molecular complexity index is 553. The van der Waals surface area contributed by atoms with Crippen LogP contribution < -0.4 is 25.1 Å². The minimum atomic E-state index is -0.605. The second kappa shape index (κ2) is 7.62. The van der Waals surface area contributed by atoms with E-state index in [0.29, 0.717) is 28.5 Å². The molecule has 0 aliphatic rings. The van der Waals surface area contributed by atoms with Crippen LogP contribution in [0.1, 0.15) is 26.3 Å². The zero-order valence-corrected chi connectivity index (χ0v) is 14.4. The van der Waals surface area contributed by atoms with Gasteiger partial charge in [0.15, 0.2) is 11.5 Å². The molecular weight excluding hydrogens is 300 g/mol. The van der Waals surface area contributed by atoms with E-state index in [1.165, 1.54) is 21.3 Å². The van der Waals surface area contributed by atoms with Crippen LogP contribution in [0.25, 0.3) is 5.70 Å². The highest BCUT2D eigenvalue weighted by Crippen LogP contribution is 2.39. The standard InChI is InChI=1S/C16H24N2O5/c1-10(17-18-15(19)23-16(2,3)4)11-8-12(20-5)14(22-7)13(9-11)21-6/h8-9,17H,1H2,2-7H3,(H,18,19). The Labute approximate surface area is 136 Å². The molecule has 0 saturated carbocycles. The first kappa shape index (κ1) is 18.5. The Hall–Kier alpha value is -2.57. The van der Waals surface area contributed by atoms with Crippen molar-refractivity contribution in [2.24, 2.45) is 0 Å². The lowest BCUT2D eigenvalue weighted by Gasteiger charge is -2.21. The number of rotatable bonds is 6. The topological polar surface area (TPSA) is 78.1 Å². The van der Waals surface area contributed by atoms with Gasteiger partial charge in [-0.1, -0.05) is 6.58 Å². The van der Waals surface area contributed by atoms with Gasteiger partial charge in [0.2, 0.25) is 5.75 Å². The molecule has 0 aliphatic heterocycles. The maximum Gasteiger partial charge on any atom is 0.426 e. The molecule has 0 saturated heterocycles. The number of ether oxygens (including phenoxy) is 4. The van der Waals surface area contributed by atoms with Crippen molar-refractivity contribution in [3.63, 3.8) is 0 Å². The van der Waals surface area contributed by atoms with Gasteiger partial charge < -0.3 is 18.9 Å². The van der Waals surface area contributed by atoms with Crippen molar-refractivity contribution >= 4 is 11.8 Å². The summed E-state index contributed by atoms with van der Waals surface area (Å²) in [6, 6.07) is 3.43. The fourth-order valence-electron chi connectivity index (χ4n) is 1.76.